The van der Waals surface area contributed by atoms with E-state index in [1.54, 1.807) is 6.07 Å². The summed E-state index contributed by atoms with van der Waals surface area (Å²) in [6.45, 7) is 1.42. The molecule has 1 heterocycles. The fourth-order valence-electron chi connectivity index (χ4n) is 2.00. The molecule has 106 valence electrons. The molecular formula is C12H19N3O3S. The van der Waals surface area contributed by atoms with Crippen molar-refractivity contribution >= 4 is 21.4 Å². The number of benzene rings is 1. The third-order valence-electron chi connectivity index (χ3n) is 3.15. The first-order chi connectivity index (χ1) is 9.03. The van der Waals surface area contributed by atoms with Gasteiger partial charge < -0.3 is 15.8 Å². The van der Waals surface area contributed by atoms with Gasteiger partial charge in [-0.1, -0.05) is 0 Å². The molecule has 1 aromatic rings. The number of nitrogens with two attached hydrogens (primary N) is 1. The Kier molecular flexibility index (Phi) is 4.28. The third kappa shape index (κ3) is 3.37. The van der Waals surface area contributed by atoms with Gasteiger partial charge in [-0.25, -0.2) is 13.1 Å². The van der Waals surface area contributed by atoms with Gasteiger partial charge in [-0.15, -0.1) is 0 Å². The summed E-state index contributed by atoms with van der Waals surface area (Å²) in [5, 5.41) is 3.15. The number of ether oxygens (including phenoxy) is 1. The van der Waals surface area contributed by atoms with Gasteiger partial charge in [0.1, 0.15) is 0 Å². The Morgan fingerprint density at radius 2 is 2.26 bits per heavy atom. The summed E-state index contributed by atoms with van der Waals surface area (Å²) in [4.78, 5) is 0.194. The molecule has 0 radical (unpaired) electrons. The molecule has 0 saturated carbocycles. The van der Waals surface area contributed by atoms with E-state index in [1.165, 1.54) is 19.2 Å². The van der Waals surface area contributed by atoms with Crippen LogP contribution in [0, 0.1) is 0 Å². The van der Waals surface area contributed by atoms with E-state index in [4.69, 9.17) is 10.5 Å². The molecular weight excluding hydrogens is 266 g/mol. The normalized spacial score (nSPS) is 19.5. The van der Waals surface area contributed by atoms with Gasteiger partial charge in [0.05, 0.1) is 22.4 Å². The topological polar surface area (TPSA) is 93.5 Å². The molecule has 0 aliphatic carbocycles. The van der Waals surface area contributed by atoms with Crippen molar-refractivity contribution in [3.8, 4) is 0 Å². The van der Waals surface area contributed by atoms with Crippen molar-refractivity contribution in [1.82, 2.24) is 4.72 Å². The van der Waals surface area contributed by atoms with Crippen LogP contribution in [0.3, 0.4) is 0 Å². The highest BCUT2D eigenvalue weighted by molar-refractivity contribution is 7.89. The monoisotopic (exact) mass is 285 g/mol. The Morgan fingerprint density at radius 1 is 1.47 bits per heavy atom. The number of rotatable bonds is 5. The summed E-state index contributed by atoms with van der Waals surface area (Å²) in [5.41, 5.74) is 6.98. The lowest BCUT2D eigenvalue weighted by Gasteiger charge is -2.14. The van der Waals surface area contributed by atoms with Crippen molar-refractivity contribution < 1.29 is 13.2 Å². The number of hydrogen-bond donors (Lipinski definition) is 3. The van der Waals surface area contributed by atoms with E-state index in [2.05, 4.69) is 10.0 Å². The Balaban J connectivity index is 2.13. The maximum atomic E-state index is 11.7. The van der Waals surface area contributed by atoms with Gasteiger partial charge in [-0.3, -0.25) is 0 Å². The molecule has 7 heteroatoms. The van der Waals surface area contributed by atoms with Crippen LogP contribution in [0.2, 0.25) is 0 Å². The predicted octanol–water partition coefficient (Wildman–Crippen LogP) is 0.768. The van der Waals surface area contributed by atoms with E-state index in [0.717, 1.165) is 19.4 Å². The molecule has 1 aromatic carbocycles. The van der Waals surface area contributed by atoms with E-state index >= 15 is 0 Å². The molecule has 1 aliphatic heterocycles. The van der Waals surface area contributed by atoms with Crippen LogP contribution in [0.25, 0.3) is 0 Å². The van der Waals surface area contributed by atoms with Crippen LogP contribution in [0.1, 0.15) is 12.8 Å². The van der Waals surface area contributed by atoms with E-state index in [-0.39, 0.29) is 11.0 Å². The number of sulfonamides is 1. The molecule has 0 aromatic heterocycles. The largest absolute Gasteiger partial charge is 0.397 e. The van der Waals surface area contributed by atoms with Crippen molar-refractivity contribution in [3.05, 3.63) is 18.2 Å². The Bertz CT molecular complexity index is 539. The molecule has 1 unspecified atom stereocenters. The van der Waals surface area contributed by atoms with Gasteiger partial charge in [0.25, 0.3) is 0 Å². The number of anilines is 2. The molecule has 0 spiro atoms. The molecule has 19 heavy (non-hydrogen) atoms. The lowest BCUT2D eigenvalue weighted by molar-refractivity contribution is 0.120. The van der Waals surface area contributed by atoms with Gasteiger partial charge in [0.15, 0.2) is 0 Å². The average Bonchev–Trinajstić information content (AvgIpc) is 2.90. The predicted molar refractivity (Wildman–Crippen MR) is 74.6 cm³/mol. The number of hydrogen-bond acceptors (Lipinski definition) is 5. The lowest BCUT2D eigenvalue weighted by Crippen LogP contribution is -2.21. The zero-order valence-electron chi connectivity index (χ0n) is 10.8. The van der Waals surface area contributed by atoms with Gasteiger partial charge in [-0.05, 0) is 38.1 Å². The van der Waals surface area contributed by atoms with Crippen molar-refractivity contribution in [1.29, 1.82) is 0 Å². The lowest BCUT2D eigenvalue weighted by atomic mass is 10.2. The van der Waals surface area contributed by atoms with Crippen LogP contribution in [0.4, 0.5) is 11.4 Å². The van der Waals surface area contributed by atoms with Crippen molar-refractivity contribution in [3.63, 3.8) is 0 Å². The van der Waals surface area contributed by atoms with Gasteiger partial charge in [0, 0.05) is 13.2 Å². The van der Waals surface area contributed by atoms with Crippen LogP contribution >= 0.6 is 0 Å². The Hall–Kier alpha value is -1.31. The second-order valence-corrected chi connectivity index (χ2v) is 6.36. The van der Waals surface area contributed by atoms with E-state index in [1.807, 2.05) is 0 Å². The minimum Gasteiger partial charge on any atom is -0.397 e. The zero-order valence-corrected chi connectivity index (χ0v) is 11.7. The zero-order chi connectivity index (χ0) is 13.9. The number of nitrogens with one attached hydrogen (secondary N) is 2. The van der Waals surface area contributed by atoms with E-state index in [9.17, 15) is 8.42 Å². The summed E-state index contributed by atoms with van der Waals surface area (Å²) < 4.78 is 31.2. The van der Waals surface area contributed by atoms with Crippen LogP contribution in [0.5, 0.6) is 0 Å². The van der Waals surface area contributed by atoms with Gasteiger partial charge in [-0.2, -0.15) is 0 Å². The van der Waals surface area contributed by atoms with Crippen LogP contribution in [-0.4, -0.2) is 34.7 Å². The highest BCUT2D eigenvalue weighted by Gasteiger charge is 2.17. The van der Waals surface area contributed by atoms with Crippen LogP contribution < -0.4 is 15.8 Å². The Morgan fingerprint density at radius 3 is 2.89 bits per heavy atom. The summed E-state index contributed by atoms with van der Waals surface area (Å²) in [7, 11) is -2.07. The molecule has 6 nitrogen and oxygen atoms in total. The van der Waals surface area contributed by atoms with Crippen molar-refractivity contribution in [2.24, 2.45) is 0 Å². The van der Waals surface area contributed by atoms with Crippen molar-refractivity contribution in [2.45, 2.75) is 23.8 Å². The first kappa shape index (κ1) is 14.1. The molecule has 0 bridgehead atoms. The van der Waals surface area contributed by atoms with Crippen molar-refractivity contribution in [2.75, 3.05) is 31.2 Å². The van der Waals surface area contributed by atoms with Gasteiger partial charge in [0.2, 0.25) is 10.0 Å². The van der Waals surface area contributed by atoms with E-state index in [0.29, 0.717) is 17.9 Å². The van der Waals surface area contributed by atoms with Crippen LogP contribution in [0.15, 0.2) is 23.1 Å². The molecule has 1 saturated heterocycles. The van der Waals surface area contributed by atoms with Gasteiger partial charge >= 0.3 is 0 Å². The standard InChI is InChI=1S/C12H19N3O3S/c1-14-19(16,17)10-4-5-11(13)12(7-10)15-8-9-3-2-6-18-9/h4-5,7,9,14-15H,2-3,6,8,13H2,1H3. The highest BCUT2D eigenvalue weighted by atomic mass is 32.2. The molecule has 4 N–H and O–H groups in total. The number of nitrogen functional groups attached to an aromatic ring is 1. The molecule has 1 fully saturated rings. The maximum Gasteiger partial charge on any atom is 0.240 e. The third-order valence-corrected chi connectivity index (χ3v) is 4.56. The molecule has 1 atom stereocenters. The fraction of sp³-hybridized carbons (Fsp3) is 0.500. The summed E-state index contributed by atoms with van der Waals surface area (Å²) in [6, 6.07) is 4.61. The maximum absolute atomic E-state index is 11.7. The molecule has 2 rings (SSSR count). The smallest absolute Gasteiger partial charge is 0.240 e. The SMILES string of the molecule is CNS(=O)(=O)c1ccc(N)c(NCC2CCCO2)c1. The summed E-state index contributed by atoms with van der Waals surface area (Å²) in [5.74, 6) is 0. The first-order valence-corrected chi connectivity index (χ1v) is 7.70. The second kappa shape index (κ2) is 5.77. The Labute approximate surface area is 113 Å². The summed E-state index contributed by atoms with van der Waals surface area (Å²) >= 11 is 0. The quantitative estimate of drug-likeness (QED) is 0.695. The average molecular weight is 285 g/mol. The molecule has 1 aliphatic rings. The fourth-order valence-corrected chi connectivity index (χ4v) is 2.76. The summed E-state index contributed by atoms with van der Waals surface area (Å²) in [6.07, 6.45) is 2.25. The van der Waals surface area contributed by atoms with E-state index < -0.39 is 10.0 Å². The second-order valence-electron chi connectivity index (χ2n) is 4.47. The van der Waals surface area contributed by atoms with Crippen LogP contribution in [-0.2, 0) is 14.8 Å². The first-order valence-electron chi connectivity index (χ1n) is 6.21. The molecule has 0 amide bonds. The minimum atomic E-state index is -3.45. The highest BCUT2D eigenvalue weighted by Crippen LogP contribution is 2.23. The minimum absolute atomic E-state index is 0.170.